The van der Waals surface area contributed by atoms with E-state index >= 15 is 0 Å². The smallest absolute Gasteiger partial charge is 0.216 e. The van der Waals surface area contributed by atoms with Gasteiger partial charge in [0.1, 0.15) is 35.8 Å². The molecule has 0 bridgehead atoms. The number of pyridine rings is 1. The molecule has 2 aromatic heterocycles. The molecule has 0 radical (unpaired) electrons. The highest BCUT2D eigenvalue weighted by Crippen LogP contribution is 2.43. The molecule has 38 heavy (non-hydrogen) atoms. The quantitative estimate of drug-likeness (QED) is 0.238. The number of nitriles is 2. The molecule has 0 aliphatic rings. The number of benzene rings is 4. The highest BCUT2D eigenvalue weighted by molar-refractivity contribution is 6.14. The number of furan rings is 1. The average Bonchev–Trinajstić information content (AvgIpc) is 3.32. The van der Waals surface area contributed by atoms with Crippen molar-refractivity contribution in [3.8, 4) is 46.0 Å². The summed E-state index contributed by atoms with van der Waals surface area (Å²) in [6.07, 6.45) is 2.01. The first kappa shape index (κ1) is 23.0. The number of ether oxygens (including phenoxy) is 1. The molecule has 0 unspecified atom stereocenters. The largest absolute Gasteiger partial charge is 0.456 e. The van der Waals surface area contributed by atoms with Crippen LogP contribution in [0.4, 0.5) is 0 Å². The zero-order valence-corrected chi connectivity index (χ0v) is 20.9. The van der Waals surface area contributed by atoms with Crippen LogP contribution in [0.15, 0.2) is 102 Å². The molecule has 180 valence electrons. The van der Waals surface area contributed by atoms with E-state index in [1.54, 1.807) is 12.1 Å². The van der Waals surface area contributed by atoms with Crippen molar-refractivity contribution in [2.45, 2.75) is 6.92 Å². The summed E-state index contributed by atoms with van der Waals surface area (Å²) >= 11 is 0. The van der Waals surface area contributed by atoms with E-state index in [0.29, 0.717) is 33.8 Å². The van der Waals surface area contributed by atoms with E-state index in [4.69, 9.17) is 9.15 Å². The van der Waals surface area contributed by atoms with E-state index < -0.39 is 0 Å². The maximum atomic E-state index is 10.1. The zero-order valence-electron chi connectivity index (χ0n) is 20.9. The summed E-state index contributed by atoms with van der Waals surface area (Å²) in [5.74, 6) is 1.04. The van der Waals surface area contributed by atoms with Crippen LogP contribution in [-0.4, -0.2) is 0 Å². The number of aromatic nitrogens is 1. The van der Waals surface area contributed by atoms with Crippen LogP contribution in [0, 0.1) is 29.6 Å². The lowest BCUT2D eigenvalue weighted by Crippen LogP contribution is -2.30. The van der Waals surface area contributed by atoms with Gasteiger partial charge < -0.3 is 9.15 Å². The van der Waals surface area contributed by atoms with E-state index in [9.17, 15) is 10.5 Å². The standard InChI is InChI=1S/C33H22N3O2/c1-21-11-15-26-27-16-14-24(20-35)31(33(27)38-32(26)30(21)28-10-6-7-17-36(28)2)22-12-13-23(19-34)29(18-22)37-25-8-4-3-5-9-25/h3-18H,1-2H3/q+1. The number of rotatable bonds is 4. The molecule has 0 N–H and O–H groups in total. The first-order chi connectivity index (χ1) is 18.6. The lowest BCUT2D eigenvalue weighted by molar-refractivity contribution is -0.660. The number of fused-ring (bicyclic) bond motifs is 3. The molecule has 0 saturated heterocycles. The third kappa shape index (κ3) is 3.75. The minimum absolute atomic E-state index is 0.405. The lowest BCUT2D eigenvalue weighted by atomic mass is 9.95. The summed E-state index contributed by atoms with van der Waals surface area (Å²) in [4.78, 5) is 0. The third-order valence-corrected chi connectivity index (χ3v) is 6.81. The van der Waals surface area contributed by atoms with Crippen LogP contribution in [0.1, 0.15) is 16.7 Å². The summed E-state index contributed by atoms with van der Waals surface area (Å²) in [7, 11) is 2.01. The van der Waals surface area contributed by atoms with Gasteiger partial charge in [0.2, 0.25) is 5.69 Å². The second kappa shape index (κ2) is 9.24. The molecule has 0 atom stereocenters. The van der Waals surface area contributed by atoms with Crippen molar-refractivity contribution in [1.82, 2.24) is 0 Å². The van der Waals surface area contributed by atoms with Gasteiger partial charge in [-0.2, -0.15) is 10.5 Å². The van der Waals surface area contributed by atoms with Gasteiger partial charge in [0.25, 0.3) is 0 Å². The molecule has 5 heteroatoms. The minimum Gasteiger partial charge on any atom is -0.456 e. The number of nitrogens with zero attached hydrogens (tertiary/aromatic N) is 3. The van der Waals surface area contributed by atoms with Gasteiger partial charge in [0.15, 0.2) is 6.20 Å². The lowest BCUT2D eigenvalue weighted by Gasteiger charge is -2.11. The minimum atomic E-state index is 0.405. The SMILES string of the molecule is Cc1ccc2c(oc3c(-c4ccc(C#N)c(Oc5ccccc5)c4)c(C#N)ccc32)c1-c1cccc[n+]1C. The Bertz CT molecular complexity index is 1940. The summed E-state index contributed by atoms with van der Waals surface area (Å²) in [6, 6.07) is 33.2. The van der Waals surface area contributed by atoms with Crippen molar-refractivity contribution >= 4 is 21.9 Å². The molecular weight excluding hydrogens is 470 g/mol. The molecule has 0 aliphatic carbocycles. The van der Waals surface area contributed by atoms with Crippen LogP contribution in [0.3, 0.4) is 0 Å². The highest BCUT2D eigenvalue weighted by Gasteiger charge is 2.23. The molecule has 2 heterocycles. The normalized spacial score (nSPS) is 10.8. The maximum Gasteiger partial charge on any atom is 0.216 e. The van der Waals surface area contributed by atoms with Gasteiger partial charge in [-0.3, -0.25) is 0 Å². The van der Waals surface area contributed by atoms with Crippen LogP contribution in [0.5, 0.6) is 11.5 Å². The Labute approximate surface area is 220 Å². The Morgan fingerprint density at radius 1 is 0.737 bits per heavy atom. The Morgan fingerprint density at radius 3 is 2.16 bits per heavy atom. The summed E-state index contributed by atoms with van der Waals surface area (Å²) in [5.41, 5.74) is 6.83. The van der Waals surface area contributed by atoms with Crippen LogP contribution < -0.4 is 9.30 Å². The fraction of sp³-hybridized carbons (Fsp3) is 0.0606. The zero-order chi connectivity index (χ0) is 26.2. The van der Waals surface area contributed by atoms with Crippen molar-refractivity contribution in [3.05, 3.63) is 114 Å². The van der Waals surface area contributed by atoms with Crippen LogP contribution in [-0.2, 0) is 7.05 Å². The number of para-hydroxylation sites is 1. The maximum absolute atomic E-state index is 10.1. The van der Waals surface area contributed by atoms with Crippen LogP contribution in [0.2, 0.25) is 0 Å². The Kier molecular flexibility index (Phi) is 5.60. The Morgan fingerprint density at radius 2 is 1.42 bits per heavy atom. The van der Waals surface area contributed by atoms with Gasteiger partial charge in [0, 0.05) is 28.5 Å². The summed E-state index contributed by atoms with van der Waals surface area (Å²) in [6.45, 7) is 2.07. The molecule has 0 fully saturated rings. The average molecular weight is 493 g/mol. The fourth-order valence-corrected chi connectivity index (χ4v) is 4.95. The van der Waals surface area contributed by atoms with Crippen molar-refractivity contribution in [3.63, 3.8) is 0 Å². The molecule has 0 aliphatic heterocycles. The van der Waals surface area contributed by atoms with Crippen molar-refractivity contribution in [2.75, 3.05) is 0 Å². The number of hydrogen-bond donors (Lipinski definition) is 0. The van der Waals surface area contributed by atoms with E-state index in [0.717, 1.165) is 38.7 Å². The molecule has 0 saturated carbocycles. The van der Waals surface area contributed by atoms with Gasteiger partial charge in [-0.05, 0) is 60.5 Å². The Balaban J connectivity index is 1.62. The predicted octanol–water partition coefficient (Wildman–Crippen LogP) is 7.59. The first-order valence-electron chi connectivity index (χ1n) is 12.2. The van der Waals surface area contributed by atoms with Crippen LogP contribution >= 0.6 is 0 Å². The molecule has 6 rings (SSSR count). The monoisotopic (exact) mass is 492 g/mol. The molecular formula is C33H22N3O2+. The third-order valence-electron chi connectivity index (χ3n) is 6.81. The topological polar surface area (TPSA) is 73.8 Å². The van der Waals surface area contributed by atoms with Crippen molar-refractivity contribution in [2.24, 2.45) is 7.05 Å². The molecule has 6 aromatic rings. The summed E-state index contributed by atoms with van der Waals surface area (Å²) in [5, 5.41) is 21.7. The molecule has 5 nitrogen and oxygen atoms in total. The van der Waals surface area contributed by atoms with Crippen molar-refractivity contribution in [1.29, 1.82) is 10.5 Å². The predicted molar refractivity (Wildman–Crippen MR) is 146 cm³/mol. The van der Waals surface area contributed by atoms with Gasteiger partial charge in [-0.25, -0.2) is 4.57 Å². The number of aryl methyl sites for hydroxylation is 2. The van der Waals surface area contributed by atoms with Gasteiger partial charge in [-0.15, -0.1) is 0 Å². The first-order valence-corrected chi connectivity index (χ1v) is 12.2. The summed E-state index contributed by atoms with van der Waals surface area (Å²) < 4.78 is 14.8. The van der Waals surface area contributed by atoms with Gasteiger partial charge in [0.05, 0.1) is 22.8 Å². The van der Waals surface area contributed by atoms with Crippen LogP contribution in [0.25, 0.3) is 44.3 Å². The van der Waals surface area contributed by atoms with Gasteiger partial charge in [-0.1, -0.05) is 36.4 Å². The van der Waals surface area contributed by atoms with E-state index in [1.807, 2.05) is 73.9 Å². The molecule has 0 spiro atoms. The Hall–Kier alpha value is -5.39. The van der Waals surface area contributed by atoms with E-state index in [2.05, 4.69) is 41.8 Å². The van der Waals surface area contributed by atoms with Crippen molar-refractivity contribution < 1.29 is 13.7 Å². The fourth-order valence-electron chi connectivity index (χ4n) is 4.95. The van der Waals surface area contributed by atoms with E-state index in [-0.39, 0.29) is 0 Å². The van der Waals surface area contributed by atoms with E-state index in [1.165, 1.54) is 0 Å². The van der Waals surface area contributed by atoms with Gasteiger partial charge >= 0.3 is 0 Å². The highest BCUT2D eigenvalue weighted by atomic mass is 16.5. The molecule has 0 amide bonds. The molecule has 4 aromatic carbocycles. The second-order valence-electron chi connectivity index (χ2n) is 9.15. The second-order valence-corrected chi connectivity index (χ2v) is 9.15. The number of hydrogen-bond acceptors (Lipinski definition) is 4.